The molecule has 0 saturated carbocycles. The molecule has 1 aromatic carbocycles. The summed E-state index contributed by atoms with van der Waals surface area (Å²) in [5.41, 5.74) is 0. The van der Waals surface area contributed by atoms with Crippen molar-refractivity contribution in [1.82, 2.24) is 9.62 Å². The summed E-state index contributed by atoms with van der Waals surface area (Å²) in [5.74, 6) is -1.52. The zero-order chi connectivity index (χ0) is 17.6. The van der Waals surface area contributed by atoms with Crippen LogP contribution in [-0.2, 0) is 19.6 Å². The molecule has 0 spiro atoms. The van der Waals surface area contributed by atoms with Crippen LogP contribution >= 0.6 is 0 Å². The molecule has 1 aliphatic rings. The summed E-state index contributed by atoms with van der Waals surface area (Å²) in [6, 6.07) is 8.19. The maximum atomic E-state index is 12.6. The minimum atomic E-state index is -3.59. The number of nitrogens with zero attached hydrogens (tertiary/aromatic N) is 1. The first-order chi connectivity index (χ1) is 11.4. The van der Waals surface area contributed by atoms with Gasteiger partial charge in [-0.3, -0.25) is 9.59 Å². The van der Waals surface area contributed by atoms with Crippen LogP contribution in [0.4, 0.5) is 0 Å². The van der Waals surface area contributed by atoms with Gasteiger partial charge in [0.05, 0.1) is 10.8 Å². The van der Waals surface area contributed by atoms with E-state index in [1.165, 1.54) is 4.31 Å². The Labute approximate surface area is 141 Å². The van der Waals surface area contributed by atoms with Crippen molar-refractivity contribution in [3.63, 3.8) is 0 Å². The third kappa shape index (κ3) is 4.78. The monoisotopic (exact) mass is 354 g/mol. The molecule has 0 bridgehead atoms. The van der Waals surface area contributed by atoms with Crippen molar-refractivity contribution in [3.8, 4) is 0 Å². The number of benzene rings is 1. The van der Waals surface area contributed by atoms with Crippen molar-refractivity contribution in [1.29, 1.82) is 0 Å². The number of hydrogen-bond acceptors (Lipinski definition) is 4. The first-order valence-electron chi connectivity index (χ1n) is 7.96. The molecule has 24 heavy (non-hydrogen) atoms. The molecule has 2 N–H and O–H groups in total. The second-order valence-electron chi connectivity index (χ2n) is 5.80. The largest absolute Gasteiger partial charge is 0.481 e. The first kappa shape index (κ1) is 18.4. The maximum Gasteiger partial charge on any atom is 0.303 e. The Kier molecular flexibility index (Phi) is 6.33. The number of rotatable bonds is 7. The molecule has 2 rings (SSSR count). The Hall–Kier alpha value is -1.93. The molecule has 132 valence electrons. The van der Waals surface area contributed by atoms with Gasteiger partial charge in [0.1, 0.15) is 0 Å². The fraction of sp³-hybridized carbons (Fsp3) is 0.500. The normalized spacial score (nSPS) is 18.9. The highest BCUT2D eigenvalue weighted by Crippen LogP contribution is 2.23. The van der Waals surface area contributed by atoms with Crippen LogP contribution in [0, 0.1) is 5.92 Å². The Morgan fingerprint density at radius 1 is 1.25 bits per heavy atom. The molecular formula is C16H22N2O5S. The third-order valence-corrected chi connectivity index (χ3v) is 5.88. The molecule has 1 unspecified atom stereocenters. The minimum Gasteiger partial charge on any atom is -0.481 e. The van der Waals surface area contributed by atoms with E-state index in [1.807, 2.05) is 0 Å². The molecule has 1 atom stereocenters. The van der Waals surface area contributed by atoms with Gasteiger partial charge >= 0.3 is 5.97 Å². The van der Waals surface area contributed by atoms with Gasteiger partial charge in [-0.1, -0.05) is 18.2 Å². The molecule has 8 heteroatoms. The van der Waals surface area contributed by atoms with Gasteiger partial charge in [-0.2, -0.15) is 4.31 Å². The molecule has 1 aromatic rings. The third-order valence-electron chi connectivity index (χ3n) is 4.00. The summed E-state index contributed by atoms with van der Waals surface area (Å²) >= 11 is 0. The van der Waals surface area contributed by atoms with E-state index in [4.69, 9.17) is 5.11 Å². The first-order valence-corrected chi connectivity index (χ1v) is 9.40. The van der Waals surface area contributed by atoms with Crippen molar-refractivity contribution in [2.75, 3.05) is 19.6 Å². The van der Waals surface area contributed by atoms with Crippen LogP contribution in [0.1, 0.15) is 25.7 Å². The fourth-order valence-corrected chi connectivity index (χ4v) is 4.26. The van der Waals surface area contributed by atoms with E-state index < -0.39 is 21.9 Å². The van der Waals surface area contributed by atoms with Crippen LogP contribution in [-0.4, -0.2) is 49.3 Å². The lowest BCUT2D eigenvalue weighted by molar-refractivity contribution is -0.137. The summed E-state index contributed by atoms with van der Waals surface area (Å²) < 4.78 is 26.6. The average molecular weight is 354 g/mol. The molecule has 0 aliphatic carbocycles. The van der Waals surface area contributed by atoms with Crippen LogP contribution < -0.4 is 5.32 Å². The lowest BCUT2D eigenvalue weighted by Gasteiger charge is -2.31. The molecule has 1 amide bonds. The average Bonchev–Trinajstić information content (AvgIpc) is 2.59. The van der Waals surface area contributed by atoms with E-state index in [0.717, 1.165) is 0 Å². The van der Waals surface area contributed by atoms with Crippen molar-refractivity contribution >= 4 is 21.9 Å². The molecule has 1 fully saturated rings. The standard InChI is InChI=1S/C16H22N2O5S/c19-15(20)9-4-10-17-16(21)13-6-5-11-18(12-13)24(22,23)14-7-2-1-3-8-14/h1-3,7-8,13H,4-6,9-12H2,(H,17,21)(H,19,20). The number of carbonyl (C=O) groups is 2. The highest BCUT2D eigenvalue weighted by molar-refractivity contribution is 7.89. The number of nitrogens with one attached hydrogen (secondary N) is 1. The smallest absolute Gasteiger partial charge is 0.303 e. The van der Waals surface area contributed by atoms with Crippen molar-refractivity contribution in [2.45, 2.75) is 30.6 Å². The van der Waals surface area contributed by atoms with E-state index in [-0.39, 0.29) is 30.3 Å². The van der Waals surface area contributed by atoms with Gasteiger partial charge in [0, 0.05) is 26.1 Å². The minimum absolute atomic E-state index is 0.000538. The quantitative estimate of drug-likeness (QED) is 0.713. The second-order valence-corrected chi connectivity index (χ2v) is 7.74. The topological polar surface area (TPSA) is 104 Å². The Morgan fingerprint density at radius 2 is 1.96 bits per heavy atom. The highest BCUT2D eigenvalue weighted by Gasteiger charge is 2.33. The summed E-state index contributed by atoms with van der Waals surface area (Å²) in [4.78, 5) is 22.8. The molecule has 1 saturated heterocycles. The molecule has 1 aliphatic heterocycles. The number of aliphatic carboxylic acids is 1. The number of hydrogen-bond donors (Lipinski definition) is 2. The Morgan fingerprint density at radius 3 is 2.62 bits per heavy atom. The Bertz CT molecular complexity index is 675. The number of carbonyl (C=O) groups excluding carboxylic acids is 1. The van der Waals surface area contributed by atoms with E-state index in [0.29, 0.717) is 25.8 Å². The summed E-state index contributed by atoms with van der Waals surface area (Å²) in [7, 11) is -3.59. The number of amides is 1. The molecule has 7 nitrogen and oxygen atoms in total. The lowest BCUT2D eigenvalue weighted by Crippen LogP contribution is -2.45. The van der Waals surface area contributed by atoms with Crippen LogP contribution in [0.25, 0.3) is 0 Å². The molecule has 1 heterocycles. The maximum absolute atomic E-state index is 12.6. The second kappa shape index (κ2) is 8.25. The Balaban J connectivity index is 1.94. The summed E-state index contributed by atoms with van der Waals surface area (Å²) in [5, 5.41) is 11.3. The van der Waals surface area contributed by atoms with Gasteiger partial charge in [0.15, 0.2) is 0 Å². The van der Waals surface area contributed by atoms with Gasteiger partial charge in [0.25, 0.3) is 0 Å². The zero-order valence-electron chi connectivity index (χ0n) is 13.3. The van der Waals surface area contributed by atoms with E-state index >= 15 is 0 Å². The van der Waals surface area contributed by atoms with Gasteiger partial charge in [0.2, 0.25) is 15.9 Å². The summed E-state index contributed by atoms with van der Waals surface area (Å²) in [6.07, 6.45) is 1.62. The van der Waals surface area contributed by atoms with Crippen LogP contribution in [0.5, 0.6) is 0 Å². The number of sulfonamides is 1. The lowest BCUT2D eigenvalue weighted by atomic mass is 9.99. The predicted molar refractivity (Wildman–Crippen MR) is 87.8 cm³/mol. The van der Waals surface area contributed by atoms with E-state index in [2.05, 4.69) is 5.32 Å². The van der Waals surface area contributed by atoms with Gasteiger partial charge in [-0.15, -0.1) is 0 Å². The molecule has 0 radical (unpaired) electrons. The molecular weight excluding hydrogens is 332 g/mol. The van der Waals surface area contributed by atoms with E-state index in [1.54, 1.807) is 30.3 Å². The van der Waals surface area contributed by atoms with Crippen molar-refractivity contribution in [2.24, 2.45) is 5.92 Å². The van der Waals surface area contributed by atoms with Gasteiger partial charge in [-0.05, 0) is 31.4 Å². The predicted octanol–water partition coefficient (Wildman–Crippen LogP) is 1.07. The van der Waals surface area contributed by atoms with Crippen LogP contribution in [0.3, 0.4) is 0 Å². The number of piperidine rings is 1. The van der Waals surface area contributed by atoms with Gasteiger partial charge in [-0.25, -0.2) is 8.42 Å². The van der Waals surface area contributed by atoms with E-state index in [9.17, 15) is 18.0 Å². The zero-order valence-corrected chi connectivity index (χ0v) is 14.2. The SMILES string of the molecule is O=C(O)CCCNC(=O)C1CCCN(S(=O)(=O)c2ccccc2)C1. The van der Waals surface area contributed by atoms with Crippen molar-refractivity contribution in [3.05, 3.63) is 30.3 Å². The molecule has 0 aromatic heterocycles. The van der Waals surface area contributed by atoms with Gasteiger partial charge < -0.3 is 10.4 Å². The van der Waals surface area contributed by atoms with Crippen molar-refractivity contribution < 1.29 is 23.1 Å². The van der Waals surface area contributed by atoms with Crippen LogP contribution in [0.2, 0.25) is 0 Å². The number of carboxylic acid groups (broad SMARTS) is 1. The van der Waals surface area contributed by atoms with Crippen LogP contribution in [0.15, 0.2) is 35.2 Å². The number of carboxylic acids is 1. The summed E-state index contributed by atoms with van der Waals surface area (Å²) in [6.45, 7) is 0.842. The highest BCUT2D eigenvalue weighted by atomic mass is 32.2. The fourth-order valence-electron chi connectivity index (χ4n) is 2.71.